The van der Waals surface area contributed by atoms with Crippen molar-refractivity contribution in [3.63, 3.8) is 0 Å². The quantitative estimate of drug-likeness (QED) is 0.621. The van der Waals surface area contributed by atoms with Crippen molar-refractivity contribution in [1.29, 1.82) is 0 Å². The van der Waals surface area contributed by atoms with Crippen LogP contribution in [0.25, 0.3) is 10.9 Å². The highest BCUT2D eigenvalue weighted by Gasteiger charge is 2.12. The molecular weight excluding hydrogens is 362 g/mol. The SMILES string of the molecule is CNCCc1cn(Cc2ccc(OC)cc2)c2ccc(CS(N)(=O)=O)cc12. The Bertz CT molecular complexity index is 1020. The lowest BCUT2D eigenvalue weighted by molar-refractivity contribution is 0.414. The third-order valence-electron chi connectivity index (χ3n) is 4.55. The molecule has 6 nitrogen and oxygen atoms in total. The van der Waals surface area contributed by atoms with E-state index in [-0.39, 0.29) is 5.75 Å². The van der Waals surface area contributed by atoms with Gasteiger partial charge in [0.25, 0.3) is 0 Å². The first kappa shape index (κ1) is 19.4. The maximum absolute atomic E-state index is 11.4. The number of nitrogens with two attached hydrogens (primary N) is 1. The molecule has 0 saturated carbocycles. The second-order valence-corrected chi connectivity index (χ2v) is 8.26. The Hall–Kier alpha value is -2.35. The Morgan fingerprint density at radius 2 is 1.81 bits per heavy atom. The molecule has 3 aromatic rings. The van der Waals surface area contributed by atoms with Crippen LogP contribution in [-0.4, -0.2) is 33.7 Å². The standard InChI is InChI=1S/C20H25N3O3S/c1-22-10-9-17-13-23(12-15-3-6-18(26-2)7-4-15)20-8-5-16(11-19(17)20)14-27(21,24)25/h3-8,11,13,22H,9-10,12,14H2,1-2H3,(H2,21,24,25). The highest BCUT2D eigenvalue weighted by atomic mass is 32.2. The molecule has 2 aromatic carbocycles. The Morgan fingerprint density at radius 3 is 2.44 bits per heavy atom. The van der Waals surface area contributed by atoms with Crippen molar-refractivity contribution in [3.8, 4) is 5.75 Å². The van der Waals surface area contributed by atoms with E-state index in [0.717, 1.165) is 36.2 Å². The Morgan fingerprint density at radius 1 is 1.11 bits per heavy atom. The second kappa shape index (κ2) is 8.12. The van der Waals surface area contributed by atoms with Crippen LogP contribution in [0.5, 0.6) is 5.75 Å². The molecule has 0 radical (unpaired) electrons. The zero-order valence-electron chi connectivity index (χ0n) is 15.6. The van der Waals surface area contributed by atoms with E-state index < -0.39 is 10.0 Å². The van der Waals surface area contributed by atoms with Crippen LogP contribution in [0.1, 0.15) is 16.7 Å². The zero-order chi connectivity index (χ0) is 19.4. The first-order chi connectivity index (χ1) is 12.9. The van der Waals surface area contributed by atoms with Crippen LogP contribution in [0.2, 0.25) is 0 Å². The molecule has 0 atom stereocenters. The van der Waals surface area contributed by atoms with Gasteiger partial charge >= 0.3 is 0 Å². The topological polar surface area (TPSA) is 86.3 Å². The minimum Gasteiger partial charge on any atom is -0.497 e. The van der Waals surface area contributed by atoms with Crippen LogP contribution < -0.4 is 15.2 Å². The molecule has 3 rings (SSSR count). The predicted octanol–water partition coefficient (Wildman–Crippen LogP) is 2.25. The molecule has 27 heavy (non-hydrogen) atoms. The number of nitrogens with one attached hydrogen (secondary N) is 1. The van der Waals surface area contributed by atoms with E-state index in [1.165, 1.54) is 11.1 Å². The van der Waals surface area contributed by atoms with E-state index in [0.29, 0.717) is 5.56 Å². The van der Waals surface area contributed by atoms with Crippen molar-refractivity contribution in [3.05, 3.63) is 65.4 Å². The Kier molecular flexibility index (Phi) is 5.84. The number of rotatable bonds is 8. The first-order valence-electron chi connectivity index (χ1n) is 8.78. The van der Waals surface area contributed by atoms with Crippen molar-refractivity contribution in [2.45, 2.75) is 18.7 Å². The summed E-state index contributed by atoms with van der Waals surface area (Å²) in [6, 6.07) is 13.7. The van der Waals surface area contributed by atoms with Gasteiger partial charge in [-0.3, -0.25) is 0 Å². The summed E-state index contributed by atoms with van der Waals surface area (Å²) in [4.78, 5) is 0. The summed E-state index contributed by atoms with van der Waals surface area (Å²) < 4.78 is 30.3. The van der Waals surface area contributed by atoms with Crippen molar-refractivity contribution >= 4 is 20.9 Å². The third kappa shape index (κ3) is 4.88. The lowest BCUT2D eigenvalue weighted by atomic mass is 10.1. The van der Waals surface area contributed by atoms with Gasteiger partial charge in [0, 0.05) is 23.6 Å². The molecular formula is C20H25N3O3S. The van der Waals surface area contributed by atoms with Gasteiger partial charge in [-0.1, -0.05) is 18.2 Å². The molecule has 1 heterocycles. The number of sulfonamides is 1. The van der Waals surface area contributed by atoms with Gasteiger partial charge in [0.1, 0.15) is 5.75 Å². The van der Waals surface area contributed by atoms with Crippen LogP contribution in [0.4, 0.5) is 0 Å². The first-order valence-corrected chi connectivity index (χ1v) is 10.5. The zero-order valence-corrected chi connectivity index (χ0v) is 16.4. The molecule has 0 aliphatic carbocycles. The predicted molar refractivity (Wildman–Crippen MR) is 108 cm³/mol. The van der Waals surface area contributed by atoms with Gasteiger partial charge in [-0.15, -0.1) is 0 Å². The van der Waals surface area contributed by atoms with E-state index in [1.54, 1.807) is 7.11 Å². The van der Waals surface area contributed by atoms with Gasteiger partial charge in [0.15, 0.2) is 0 Å². The van der Waals surface area contributed by atoms with Crippen LogP contribution in [-0.2, 0) is 28.7 Å². The maximum atomic E-state index is 11.4. The summed E-state index contributed by atoms with van der Waals surface area (Å²) in [5.41, 5.74) is 4.14. The molecule has 3 N–H and O–H groups in total. The molecule has 0 spiro atoms. The average molecular weight is 388 g/mol. The van der Waals surface area contributed by atoms with Gasteiger partial charge in [0.2, 0.25) is 10.0 Å². The van der Waals surface area contributed by atoms with Crippen LogP contribution in [0.3, 0.4) is 0 Å². The normalized spacial score (nSPS) is 11.8. The Balaban J connectivity index is 1.98. The lowest BCUT2D eigenvalue weighted by Crippen LogP contribution is -2.14. The molecule has 0 bridgehead atoms. The Labute approximate surface area is 160 Å². The lowest BCUT2D eigenvalue weighted by Gasteiger charge is -2.07. The molecule has 0 amide bonds. The van der Waals surface area contributed by atoms with Crippen molar-refractivity contribution in [1.82, 2.24) is 9.88 Å². The van der Waals surface area contributed by atoms with Gasteiger partial charge in [-0.2, -0.15) is 0 Å². The summed E-state index contributed by atoms with van der Waals surface area (Å²) in [7, 11) is 0.0190. The number of likely N-dealkylation sites (N-methyl/N-ethyl adjacent to an activating group) is 1. The number of fused-ring (bicyclic) bond motifs is 1. The number of hydrogen-bond acceptors (Lipinski definition) is 4. The van der Waals surface area contributed by atoms with Crippen molar-refractivity contribution in [2.24, 2.45) is 5.14 Å². The molecule has 0 aliphatic rings. The molecule has 0 aliphatic heterocycles. The van der Waals surface area contributed by atoms with Crippen molar-refractivity contribution in [2.75, 3.05) is 20.7 Å². The van der Waals surface area contributed by atoms with Gasteiger partial charge in [0.05, 0.1) is 12.9 Å². The van der Waals surface area contributed by atoms with Gasteiger partial charge in [-0.05, 0) is 61.0 Å². The molecule has 0 saturated heterocycles. The van der Waals surface area contributed by atoms with Crippen LogP contribution in [0, 0.1) is 0 Å². The van der Waals surface area contributed by atoms with E-state index in [2.05, 4.69) is 16.1 Å². The van der Waals surface area contributed by atoms with Gasteiger partial charge in [-0.25, -0.2) is 13.6 Å². The molecule has 144 valence electrons. The second-order valence-electron chi connectivity index (χ2n) is 6.64. The number of aromatic nitrogens is 1. The number of benzene rings is 2. The van der Waals surface area contributed by atoms with Crippen LogP contribution >= 0.6 is 0 Å². The minimum absolute atomic E-state index is 0.155. The van der Waals surface area contributed by atoms with Crippen molar-refractivity contribution < 1.29 is 13.2 Å². The number of nitrogens with zero attached hydrogens (tertiary/aromatic N) is 1. The summed E-state index contributed by atoms with van der Waals surface area (Å²) in [6.45, 7) is 1.58. The summed E-state index contributed by atoms with van der Waals surface area (Å²) in [5, 5.41) is 9.44. The van der Waals surface area contributed by atoms with E-state index in [9.17, 15) is 8.42 Å². The highest BCUT2D eigenvalue weighted by Crippen LogP contribution is 2.25. The van der Waals surface area contributed by atoms with E-state index >= 15 is 0 Å². The van der Waals surface area contributed by atoms with E-state index in [1.807, 2.05) is 49.5 Å². The summed E-state index contributed by atoms with van der Waals surface area (Å²) in [5.74, 6) is 0.677. The minimum atomic E-state index is -3.56. The number of methoxy groups -OCH3 is 1. The number of ether oxygens (including phenoxy) is 1. The average Bonchev–Trinajstić information content (AvgIpc) is 2.96. The van der Waals surface area contributed by atoms with Crippen LogP contribution in [0.15, 0.2) is 48.7 Å². The van der Waals surface area contributed by atoms with E-state index in [4.69, 9.17) is 9.88 Å². The highest BCUT2D eigenvalue weighted by molar-refractivity contribution is 7.88. The van der Waals surface area contributed by atoms with Gasteiger partial charge < -0.3 is 14.6 Å². The molecule has 0 fully saturated rings. The smallest absolute Gasteiger partial charge is 0.213 e. The molecule has 7 heteroatoms. The fourth-order valence-electron chi connectivity index (χ4n) is 3.26. The summed E-state index contributed by atoms with van der Waals surface area (Å²) >= 11 is 0. The fourth-order valence-corrected chi connectivity index (χ4v) is 3.90. The monoisotopic (exact) mass is 387 g/mol. The fraction of sp³-hybridized carbons (Fsp3) is 0.300. The molecule has 1 aromatic heterocycles. The largest absolute Gasteiger partial charge is 0.497 e. The number of primary sulfonamides is 1. The number of hydrogen-bond donors (Lipinski definition) is 2. The third-order valence-corrected chi connectivity index (χ3v) is 5.29. The summed E-state index contributed by atoms with van der Waals surface area (Å²) in [6.07, 6.45) is 3.01. The molecule has 0 unspecified atom stereocenters. The maximum Gasteiger partial charge on any atom is 0.213 e.